The third kappa shape index (κ3) is 2.66. The Hall–Kier alpha value is -1.77. The smallest absolute Gasteiger partial charge is 0.258 e. The molecule has 0 amide bonds. The summed E-state index contributed by atoms with van der Waals surface area (Å²) in [5.74, 6) is 1.18. The van der Waals surface area contributed by atoms with Crippen molar-refractivity contribution in [3.05, 3.63) is 29.1 Å². The summed E-state index contributed by atoms with van der Waals surface area (Å²) < 4.78 is 29.1. The summed E-state index contributed by atoms with van der Waals surface area (Å²) in [5, 5.41) is 9.31. The molecular formula is C15H18N4O3S. The van der Waals surface area contributed by atoms with E-state index in [2.05, 4.69) is 10.1 Å². The lowest BCUT2D eigenvalue weighted by molar-refractivity contribution is 0.411. The number of benzene rings is 1. The molecule has 122 valence electrons. The molecule has 1 fully saturated rings. The Kier molecular flexibility index (Phi) is 3.29. The number of hydrogen-bond donors (Lipinski definition) is 2. The minimum atomic E-state index is -3.79. The first kappa shape index (κ1) is 14.8. The van der Waals surface area contributed by atoms with Crippen LogP contribution in [-0.2, 0) is 22.9 Å². The van der Waals surface area contributed by atoms with Gasteiger partial charge in [-0.15, -0.1) is 0 Å². The number of fused-ring (bicyclic) bond motifs is 1. The van der Waals surface area contributed by atoms with Crippen LogP contribution >= 0.6 is 0 Å². The van der Waals surface area contributed by atoms with Gasteiger partial charge >= 0.3 is 0 Å². The van der Waals surface area contributed by atoms with Gasteiger partial charge in [-0.05, 0) is 61.3 Å². The van der Waals surface area contributed by atoms with Gasteiger partial charge in [-0.2, -0.15) is 4.98 Å². The van der Waals surface area contributed by atoms with Crippen molar-refractivity contribution >= 4 is 10.0 Å². The number of aryl methyl sites for hydroxylation is 1. The predicted molar refractivity (Wildman–Crippen MR) is 82.8 cm³/mol. The largest absolute Gasteiger partial charge is 0.334 e. The Bertz CT molecular complexity index is 871. The molecule has 0 radical (unpaired) electrons. The minimum absolute atomic E-state index is 0.161. The normalized spacial score (nSPS) is 18.9. The maximum Gasteiger partial charge on any atom is 0.258 e. The van der Waals surface area contributed by atoms with Gasteiger partial charge in [0.25, 0.3) is 5.89 Å². The van der Waals surface area contributed by atoms with Crippen molar-refractivity contribution in [2.24, 2.45) is 16.8 Å². The molecule has 1 aromatic heterocycles. The van der Waals surface area contributed by atoms with Crippen molar-refractivity contribution in [3.8, 4) is 11.5 Å². The van der Waals surface area contributed by atoms with Crippen molar-refractivity contribution in [1.82, 2.24) is 10.1 Å². The van der Waals surface area contributed by atoms with Crippen LogP contribution in [0.15, 0.2) is 21.6 Å². The Morgan fingerprint density at radius 3 is 2.74 bits per heavy atom. The molecule has 23 heavy (non-hydrogen) atoms. The molecule has 7 nitrogen and oxygen atoms in total. The Balaban J connectivity index is 1.77. The summed E-state index contributed by atoms with van der Waals surface area (Å²) in [6.07, 6.45) is 4.64. The van der Waals surface area contributed by atoms with Crippen LogP contribution in [0.2, 0.25) is 0 Å². The van der Waals surface area contributed by atoms with Crippen LogP contribution in [0.4, 0.5) is 0 Å². The average Bonchev–Trinajstić information content (AvgIpc) is 3.05. The molecule has 4 N–H and O–H groups in total. The number of primary sulfonamides is 1. The van der Waals surface area contributed by atoms with E-state index in [1.54, 1.807) is 0 Å². The highest BCUT2D eigenvalue weighted by molar-refractivity contribution is 7.89. The second-order valence-electron chi connectivity index (χ2n) is 6.33. The van der Waals surface area contributed by atoms with Crippen LogP contribution in [0.25, 0.3) is 11.5 Å². The van der Waals surface area contributed by atoms with Gasteiger partial charge in [0.2, 0.25) is 10.0 Å². The lowest BCUT2D eigenvalue weighted by Gasteiger charge is -2.08. The highest BCUT2D eigenvalue weighted by Gasteiger charge is 2.33. The summed E-state index contributed by atoms with van der Waals surface area (Å²) in [4.78, 5) is 4.51. The highest BCUT2D eigenvalue weighted by Crippen LogP contribution is 2.39. The van der Waals surface area contributed by atoms with Gasteiger partial charge in [0.1, 0.15) is 0 Å². The number of nitrogens with zero attached hydrogens (tertiary/aromatic N) is 2. The molecule has 0 spiro atoms. The number of nitrogens with two attached hydrogens (primary N) is 2. The molecule has 1 heterocycles. The second-order valence-corrected chi connectivity index (χ2v) is 7.86. The topological polar surface area (TPSA) is 125 Å². The van der Waals surface area contributed by atoms with Gasteiger partial charge < -0.3 is 10.3 Å². The van der Waals surface area contributed by atoms with E-state index in [4.69, 9.17) is 15.4 Å². The Morgan fingerprint density at radius 1 is 1.26 bits per heavy atom. The average molecular weight is 334 g/mol. The molecular weight excluding hydrogens is 316 g/mol. The molecule has 2 aliphatic carbocycles. The SMILES string of the molecule is NC(c1noc(-c2cc3c(c(S(N)(=O)=O)c2)CCC3)n1)C1CC1. The van der Waals surface area contributed by atoms with E-state index in [-0.39, 0.29) is 16.8 Å². The first-order chi connectivity index (χ1) is 10.9. The quantitative estimate of drug-likeness (QED) is 0.867. The molecule has 8 heteroatoms. The summed E-state index contributed by atoms with van der Waals surface area (Å²) in [6.45, 7) is 0. The Morgan fingerprint density at radius 2 is 2.04 bits per heavy atom. The van der Waals surface area contributed by atoms with Gasteiger partial charge in [0, 0.05) is 5.56 Å². The van der Waals surface area contributed by atoms with Crippen LogP contribution in [0.3, 0.4) is 0 Å². The van der Waals surface area contributed by atoms with Crippen LogP contribution in [0, 0.1) is 5.92 Å². The predicted octanol–water partition coefficient (Wildman–Crippen LogP) is 1.28. The van der Waals surface area contributed by atoms with Crippen LogP contribution in [-0.4, -0.2) is 18.6 Å². The molecule has 2 aliphatic rings. The summed E-state index contributed by atoms with van der Waals surface area (Å²) >= 11 is 0. The highest BCUT2D eigenvalue weighted by atomic mass is 32.2. The molecule has 4 rings (SSSR count). The van der Waals surface area contributed by atoms with Crippen molar-refractivity contribution in [1.29, 1.82) is 0 Å². The van der Waals surface area contributed by atoms with Crippen molar-refractivity contribution in [3.63, 3.8) is 0 Å². The monoisotopic (exact) mass is 334 g/mol. The van der Waals surface area contributed by atoms with E-state index in [0.717, 1.165) is 43.2 Å². The second kappa shape index (κ2) is 5.12. The maximum atomic E-state index is 11.9. The third-order valence-electron chi connectivity index (χ3n) is 4.60. The minimum Gasteiger partial charge on any atom is -0.334 e. The number of sulfonamides is 1. The van der Waals surface area contributed by atoms with Crippen molar-refractivity contribution < 1.29 is 12.9 Å². The maximum absolute atomic E-state index is 11.9. The van der Waals surface area contributed by atoms with E-state index >= 15 is 0 Å². The zero-order valence-corrected chi connectivity index (χ0v) is 13.3. The number of hydrogen-bond acceptors (Lipinski definition) is 6. The van der Waals surface area contributed by atoms with Gasteiger partial charge in [-0.3, -0.25) is 0 Å². The fourth-order valence-electron chi connectivity index (χ4n) is 3.20. The van der Waals surface area contributed by atoms with Gasteiger partial charge in [0.15, 0.2) is 5.82 Å². The summed E-state index contributed by atoms with van der Waals surface area (Å²) in [6, 6.07) is 3.22. The number of aromatic nitrogens is 2. The molecule has 1 saturated carbocycles. The van der Waals surface area contributed by atoms with Crippen molar-refractivity contribution in [2.45, 2.75) is 43.0 Å². The van der Waals surface area contributed by atoms with E-state index in [1.165, 1.54) is 6.07 Å². The summed E-state index contributed by atoms with van der Waals surface area (Å²) in [7, 11) is -3.79. The molecule has 0 bridgehead atoms. The zero-order chi connectivity index (χ0) is 16.2. The first-order valence-electron chi connectivity index (χ1n) is 7.71. The first-order valence-corrected chi connectivity index (χ1v) is 9.26. The van der Waals surface area contributed by atoms with Crippen LogP contribution in [0.5, 0.6) is 0 Å². The molecule has 1 atom stereocenters. The fourth-order valence-corrected chi connectivity index (χ4v) is 4.06. The van der Waals surface area contributed by atoms with Gasteiger partial charge in [-0.1, -0.05) is 5.16 Å². The standard InChI is InChI=1S/C15H18N4O3S/c16-13(8-4-5-8)14-18-15(22-19-14)10-6-9-2-1-3-11(9)12(7-10)23(17,20)21/h6-8,13H,1-5,16H2,(H2,17,20,21). The molecule has 0 aliphatic heterocycles. The fraction of sp³-hybridized carbons (Fsp3) is 0.467. The molecule has 1 aromatic carbocycles. The molecule has 0 saturated heterocycles. The van der Waals surface area contributed by atoms with E-state index in [0.29, 0.717) is 17.3 Å². The lowest BCUT2D eigenvalue weighted by atomic mass is 10.1. The van der Waals surface area contributed by atoms with Gasteiger partial charge in [0.05, 0.1) is 10.9 Å². The van der Waals surface area contributed by atoms with E-state index in [1.807, 2.05) is 6.07 Å². The molecule has 1 unspecified atom stereocenters. The van der Waals surface area contributed by atoms with Crippen LogP contribution in [0.1, 0.15) is 42.3 Å². The Labute approximate surface area is 134 Å². The van der Waals surface area contributed by atoms with Gasteiger partial charge in [-0.25, -0.2) is 13.6 Å². The van der Waals surface area contributed by atoms with Crippen molar-refractivity contribution in [2.75, 3.05) is 0 Å². The third-order valence-corrected chi connectivity index (χ3v) is 5.57. The number of rotatable bonds is 4. The van der Waals surface area contributed by atoms with Crippen LogP contribution < -0.4 is 10.9 Å². The van der Waals surface area contributed by atoms with E-state index in [9.17, 15) is 8.42 Å². The summed E-state index contributed by atoms with van der Waals surface area (Å²) in [5.41, 5.74) is 8.46. The zero-order valence-electron chi connectivity index (χ0n) is 12.5. The molecule has 2 aromatic rings. The lowest BCUT2D eigenvalue weighted by Crippen LogP contribution is -2.15. The van der Waals surface area contributed by atoms with E-state index < -0.39 is 10.0 Å².